The first-order chi connectivity index (χ1) is 17.4. The van der Waals surface area contributed by atoms with Crippen molar-refractivity contribution in [3.05, 3.63) is 71.5 Å². The van der Waals surface area contributed by atoms with E-state index in [-0.39, 0.29) is 28.5 Å². The molecule has 1 aliphatic rings. The standard InChI is InChI=1S/C26H31ClN6O3/c27-23-25(29)32-24(28)22(31-23)26(34)30-19-8-7-13-33(18-19,14-16-35-20-9-3-1-4-10-20)15-17-36-21-11-5-2-6-12-21/h1-6,9-12,19H,7-8,13-18H2,(H4-,28,29,30,32,34)/p+1. The molecule has 0 bridgehead atoms. The van der Waals surface area contributed by atoms with Crippen LogP contribution in [0.3, 0.4) is 0 Å². The van der Waals surface area contributed by atoms with Gasteiger partial charge in [-0.3, -0.25) is 4.79 Å². The molecule has 36 heavy (non-hydrogen) atoms. The van der Waals surface area contributed by atoms with Crippen LogP contribution >= 0.6 is 11.6 Å². The topological polar surface area (TPSA) is 125 Å². The second-order valence-electron chi connectivity index (χ2n) is 8.96. The molecule has 190 valence electrons. The number of halogens is 1. The summed E-state index contributed by atoms with van der Waals surface area (Å²) in [6, 6.07) is 19.5. The maximum Gasteiger partial charge on any atom is 0.274 e. The molecule has 1 aliphatic heterocycles. The van der Waals surface area contributed by atoms with Gasteiger partial charge in [0.2, 0.25) is 0 Å². The number of hydrogen-bond acceptors (Lipinski definition) is 7. The fraction of sp³-hybridized carbons (Fsp3) is 0.346. The molecule has 0 spiro atoms. The van der Waals surface area contributed by atoms with Crippen LogP contribution in [-0.4, -0.2) is 65.8 Å². The number of quaternary nitrogens is 1. The lowest BCUT2D eigenvalue weighted by atomic mass is 10.0. The van der Waals surface area contributed by atoms with Crippen molar-refractivity contribution < 1.29 is 18.8 Å². The van der Waals surface area contributed by atoms with Crippen LogP contribution in [0, 0.1) is 0 Å². The second kappa shape index (κ2) is 11.9. The summed E-state index contributed by atoms with van der Waals surface area (Å²) in [5.74, 6) is 1.22. The van der Waals surface area contributed by atoms with Gasteiger partial charge in [-0.25, -0.2) is 9.97 Å². The van der Waals surface area contributed by atoms with E-state index in [9.17, 15) is 4.79 Å². The van der Waals surface area contributed by atoms with Gasteiger partial charge in [0, 0.05) is 0 Å². The molecule has 3 aromatic rings. The summed E-state index contributed by atoms with van der Waals surface area (Å²) in [7, 11) is 0. The number of nitrogens with two attached hydrogens (primary N) is 2. The van der Waals surface area contributed by atoms with Crippen LogP contribution in [0.25, 0.3) is 0 Å². The van der Waals surface area contributed by atoms with Crippen LogP contribution in [0.4, 0.5) is 11.6 Å². The Balaban J connectivity index is 1.43. The summed E-state index contributed by atoms with van der Waals surface area (Å²) in [5.41, 5.74) is 11.5. The van der Waals surface area contributed by atoms with Gasteiger partial charge in [-0.2, -0.15) is 0 Å². The van der Waals surface area contributed by atoms with Crippen LogP contribution in [0.2, 0.25) is 5.15 Å². The first kappa shape index (κ1) is 25.5. The molecule has 0 aliphatic carbocycles. The van der Waals surface area contributed by atoms with Crippen molar-refractivity contribution >= 4 is 29.1 Å². The first-order valence-electron chi connectivity index (χ1n) is 12.0. The summed E-state index contributed by atoms with van der Waals surface area (Å²) >= 11 is 5.97. The highest BCUT2D eigenvalue weighted by Crippen LogP contribution is 2.22. The molecule has 2 heterocycles. The molecule has 1 aromatic heterocycles. The van der Waals surface area contributed by atoms with E-state index in [0.29, 0.717) is 13.2 Å². The number of benzene rings is 2. The number of nitrogen functional groups attached to an aromatic ring is 2. The number of carbonyl (C=O) groups excluding carboxylic acids is 1. The van der Waals surface area contributed by atoms with E-state index in [0.717, 1.165) is 55.0 Å². The minimum Gasteiger partial charge on any atom is -0.488 e. The quantitative estimate of drug-likeness (QED) is 0.357. The van der Waals surface area contributed by atoms with Crippen LogP contribution in [0.15, 0.2) is 60.7 Å². The number of amides is 1. The highest BCUT2D eigenvalue weighted by Gasteiger charge is 2.36. The van der Waals surface area contributed by atoms with E-state index in [4.69, 9.17) is 32.5 Å². The highest BCUT2D eigenvalue weighted by molar-refractivity contribution is 6.31. The predicted molar refractivity (Wildman–Crippen MR) is 140 cm³/mol. The lowest BCUT2D eigenvalue weighted by Crippen LogP contribution is -2.62. The van der Waals surface area contributed by atoms with E-state index < -0.39 is 5.91 Å². The monoisotopic (exact) mass is 511 g/mol. The Hall–Kier alpha value is -3.56. The van der Waals surface area contributed by atoms with Gasteiger partial charge in [-0.15, -0.1) is 0 Å². The number of aromatic nitrogens is 2. The SMILES string of the molecule is Nc1nc(N)c(C(=O)NC2CCC[N+](CCOc3ccccc3)(CCOc3ccccc3)C2)nc1Cl. The Morgan fingerprint density at radius 3 is 2.11 bits per heavy atom. The Bertz CT molecular complexity index is 1100. The summed E-state index contributed by atoms with van der Waals surface area (Å²) in [5, 5.41) is 3.03. The third-order valence-electron chi connectivity index (χ3n) is 6.40. The van der Waals surface area contributed by atoms with Crippen molar-refractivity contribution in [3.8, 4) is 11.5 Å². The number of rotatable bonds is 10. The average molecular weight is 512 g/mol. The number of nitrogens with one attached hydrogen (secondary N) is 1. The minimum absolute atomic E-state index is 0.00380. The molecule has 0 saturated carbocycles. The summed E-state index contributed by atoms with van der Waals surface area (Å²) in [4.78, 5) is 20.9. The van der Waals surface area contributed by atoms with E-state index in [1.165, 1.54) is 0 Å². The number of anilines is 2. The molecule has 2 aromatic carbocycles. The number of nitrogens with zero attached hydrogens (tertiary/aromatic N) is 3. The Labute approximate surface area is 216 Å². The van der Waals surface area contributed by atoms with Gasteiger partial charge in [0.15, 0.2) is 22.5 Å². The number of para-hydroxylation sites is 2. The molecular weight excluding hydrogens is 480 g/mol. The average Bonchev–Trinajstić information content (AvgIpc) is 2.88. The third kappa shape index (κ3) is 6.77. The van der Waals surface area contributed by atoms with Crippen molar-refractivity contribution in [1.29, 1.82) is 0 Å². The van der Waals surface area contributed by atoms with Gasteiger partial charge in [0.1, 0.15) is 37.8 Å². The van der Waals surface area contributed by atoms with Crippen molar-refractivity contribution in [2.45, 2.75) is 18.9 Å². The van der Waals surface area contributed by atoms with Crippen molar-refractivity contribution in [2.24, 2.45) is 0 Å². The highest BCUT2D eigenvalue weighted by atomic mass is 35.5. The predicted octanol–water partition coefficient (Wildman–Crippen LogP) is 3.16. The number of hydrogen-bond donors (Lipinski definition) is 3. The molecule has 9 nitrogen and oxygen atoms in total. The smallest absolute Gasteiger partial charge is 0.274 e. The molecule has 1 atom stereocenters. The van der Waals surface area contributed by atoms with Crippen LogP contribution < -0.4 is 26.3 Å². The first-order valence-corrected chi connectivity index (χ1v) is 12.4. The maximum absolute atomic E-state index is 13.0. The molecule has 1 saturated heterocycles. The van der Waals surface area contributed by atoms with Crippen LogP contribution in [0.1, 0.15) is 23.3 Å². The molecule has 1 unspecified atom stereocenters. The summed E-state index contributed by atoms with van der Waals surface area (Å²) in [6.45, 7) is 4.39. The summed E-state index contributed by atoms with van der Waals surface area (Å²) < 4.78 is 12.8. The Morgan fingerprint density at radius 1 is 0.944 bits per heavy atom. The zero-order chi connectivity index (χ0) is 25.4. The Morgan fingerprint density at radius 2 is 1.53 bits per heavy atom. The van der Waals surface area contributed by atoms with Gasteiger partial charge in [-0.05, 0) is 37.1 Å². The van der Waals surface area contributed by atoms with Crippen molar-refractivity contribution in [1.82, 2.24) is 15.3 Å². The van der Waals surface area contributed by atoms with E-state index in [1.807, 2.05) is 60.7 Å². The van der Waals surface area contributed by atoms with Crippen LogP contribution in [0.5, 0.6) is 11.5 Å². The van der Waals surface area contributed by atoms with E-state index in [1.54, 1.807) is 0 Å². The zero-order valence-electron chi connectivity index (χ0n) is 20.1. The largest absolute Gasteiger partial charge is 0.488 e. The maximum atomic E-state index is 13.0. The molecule has 1 fully saturated rings. The van der Waals surface area contributed by atoms with Gasteiger partial charge in [-0.1, -0.05) is 48.0 Å². The fourth-order valence-electron chi connectivity index (χ4n) is 4.57. The second-order valence-corrected chi connectivity index (χ2v) is 9.32. The molecule has 5 N–H and O–H groups in total. The third-order valence-corrected chi connectivity index (χ3v) is 6.68. The van der Waals surface area contributed by atoms with E-state index in [2.05, 4.69) is 15.3 Å². The lowest BCUT2D eigenvalue weighted by molar-refractivity contribution is -0.933. The minimum atomic E-state index is -0.409. The van der Waals surface area contributed by atoms with Gasteiger partial charge >= 0.3 is 0 Å². The number of likely N-dealkylation sites (tertiary alicyclic amines) is 1. The van der Waals surface area contributed by atoms with Crippen LogP contribution in [-0.2, 0) is 0 Å². The normalized spacial score (nSPS) is 16.8. The van der Waals surface area contributed by atoms with Crippen molar-refractivity contribution in [2.75, 3.05) is 50.9 Å². The summed E-state index contributed by atoms with van der Waals surface area (Å²) in [6.07, 6.45) is 1.80. The van der Waals surface area contributed by atoms with E-state index >= 15 is 0 Å². The Kier molecular flexibility index (Phi) is 8.45. The molecule has 4 rings (SSSR count). The molecule has 1 amide bonds. The fourth-order valence-corrected chi connectivity index (χ4v) is 4.70. The molecular formula is C26H32ClN6O3+. The molecule has 0 radical (unpaired) electrons. The number of piperidine rings is 1. The zero-order valence-corrected chi connectivity index (χ0v) is 20.9. The van der Waals surface area contributed by atoms with Gasteiger partial charge < -0.3 is 30.7 Å². The number of ether oxygens (including phenoxy) is 2. The van der Waals surface area contributed by atoms with Gasteiger partial charge in [0.25, 0.3) is 5.91 Å². The lowest BCUT2D eigenvalue weighted by Gasteiger charge is -2.44. The van der Waals surface area contributed by atoms with Crippen molar-refractivity contribution in [3.63, 3.8) is 0 Å². The molecule has 10 heteroatoms. The number of carbonyl (C=O) groups is 1. The van der Waals surface area contributed by atoms with Gasteiger partial charge in [0.05, 0.1) is 19.1 Å².